The van der Waals surface area contributed by atoms with Gasteiger partial charge in [0.2, 0.25) is 5.91 Å². The summed E-state index contributed by atoms with van der Waals surface area (Å²) in [5.74, 6) is -0.434. The summed E-state index contributed by atoms with van der Waals surface area (Å²) in [5.41, 5.74) is 1.99. The van der Waals surface area contributed by atoms with Gasteiger partial charge in [-0.05, 0) is 29.8 Å². The summed E-state index contributed by atoms with van der Waals surface area (Å²) in [6.07, 6.45) is 1.54. The van der Waals surface area contributed by atoms with Crippen LogP contribution in [0.5, 0.6) is 0 Å². The van der Waals surface area contributed by atoms with Gasteiger partial charge in [-0.15, -0.1) is 0 Å². The van der Waals surface area contributed by atoms with Crippen molar-refractivity contribution in [2.75, 3.05) is 0 Å². The molecule has 122 valence electrons. The lowest BCUT2D eigenvalue weighted by molar-refractivity contribution is 0.0941. The molecule has 0 aliphatic rings. The van der Waals surface area contributed by atoms with E-state index in [0.29, 0.717) is 33.1 Å². The molecule has 24 heavy (non-hydrogen) atoms. The lowest BCUT2D eigenvalue weighted by Gasteiger charge is -2.05. The van der Waals surface area contributed by atoms with E-state index < -0.39 is 0 Å². The molecule has 0 saturated carbocycles. The molecule has 0 aliphatic heterocycles. The maximum absolute atomic E-state index is 12.5. The van der Waals surface area contributed by atoms with Gasteiger partial charge in [-0.3, -0.25) is 14.2 Å². The standard InChI is InChI=1S/C18H14Cl2N2O2/c1-11(23)22-10-16(15-7-6-14(20)8-17(15)22)18(24)21-9-12-2-4-13(19)5-3-12/h2-8,10H,9H2,1H3,(H,21,24). The number of hydrogen-bond acceptors (Lipinski definition) is 2. The molecule has 3 rings (SSSR count). The summed E-state index contributed by atoms with van der Waals surface area (Å²) >= 11 is 11.9. The van der Waals surface area contributed by atoms with E-state index in [1.807, 2.05) is 12.1 Å². The third kappa shape index (κ3) is 3.30. The van der Waals surface area contributed by atoms with E-state index in [0.717, 1.165) is 5.56 Å². The molecule has 1 amide bonds. The lowest BCUT2D eigenvalue weighted by Crippen LogP contribution is -2.22. The minimum absolute atomic E-state index is 0.181. The Kier molecular flexibility index (Phi) is 4.60. The first-order chi connectivity index (χ1) is 11.5. The van der Waals surface area contributed by atoms with Crippen LogP contribution in [0.4, 0.5) is 0 Å². The van der Waals surface area contributed by atoms with Crippen molar-refractivity contribution in [2.45, 2.75) is 13.5 Å². The topological polar surface area (TPSA) is 51.1 Å². The molecule has 1 heterocycles. The molecule has 0 radical (unpaired) electrons. The van der Waals surface area contributed by atoms with E-state index in [1.54, 1.807) is 36.5 Å². The molecule has 1 aromatic heterocycles. The Morgan fingerprint density at radius 2 is 1.71 bits per heavy atom. The van der Waals surface area contributed by atoms with Crippen LogP contribution >= 0.6 is 23.2 Å². The highest BCUT2D eigenvalue weighted by Gasteiger charge is 2.17. The van der Waals surface area contributed by atoms with E-state index in [-0.39, 0.29) is 11.8 Å². The summed E-state index contributed by atoms with van der Waals surface area (Å²) in [5, 5.41) is 4.69. The summed E-state index contributed by atoms with van der Waals surface area (Å²) < 4.78 is 1.43. The van der Waals surface area contributed by atoms with Gasteiger partial charge in [-0.2, -0.15) is 0 Å². The molecule has 4 nitrogen and oxygen atoms in total. The first-order valence-corrected chi connectivity index (χ1v) is 8.05. The van der Waals surface area contributed by atoms with E-state index in [9.17, 15) is 9.59 Å². The zero-order valence-electron chi connectivity index (χ0n) is 12.8. The number of benzene rings is 2. The highest BCUT2D eigenvalue weighted by molar-refractivity contribution is 6.31. The SMILES string of the molecule is CC(=O)n1cc(C(=O)NCc2ccc(Cl)cc2)c2ccc(Cl)cc21. The van der Waals surface area contributed by atoms with Gasteiger partial charge in [0.25, 0.3) is 5.91 Å². The van der Waals surface area contributed by atoms with Gasteiger partial charge in [0, 0.05) is 35.1 Å². The summed E-state index contributed by atoms with van der Waals surface area (Å²) in [7, 11) is 0. The molecule has 0 fully saturated rings. The summed E-state index contributed by atoms with van der Waals surface area (Å²) in [6.45, 7) is 1.81. The molecule has 1 N–H and O–H groups in total. The van der Waals surface area contributed by atoms with Gasteiger partial charge < -0.3 is 5.32 Å². The first-order valence-electron chi connectivity index (χ1n) is 7.30. The van der Waals surface area contributed by atoms with Crippen LogP contribution in [0.2, 0.25) is 10.0 Å². The number of amides is 1. The summed E-state index contributed by atoms with van der Waals surface area (Å²) in [6, 6.07) is 12.4. The van der Waals surface area contributed by atoms with Crippen LogP contribution in [0.3, 0.4) is 0 Å². The van der Waals surface area contributed by atoms with Crippen molar-refractivity contribution >= 4 is 45.9 Å². The Morgan fingerprint density at radius 1 is 1.04 bits per heavy atom. The van der Waals surface area contributed by atoms with Gasteiger partial charge in [0.15, 0.2) is 0 Å². The van der Waals surface area contributed by atoms with E-state index >= 15 is 0 Å². The Hall–Kier alpha value is -2.30. The van der Waals surface area contributed by atoms with Gasteiger partial charge in [0.05, 0.1) is 11.1 Å². The molecule has 0 aliphatic carbocycles. The monoisotopic (exact) mass is 360 g/mol. The van der Waals surface area contributed by atoms with Crippen molar-refractivity contribution in [2.24, 2.45) is 0 Å². The number of nitrogens with zero attached hydrogens (tertiary/aromatic N) is 1. The second kappa shape index (κ2) is 6.67. The number of carbonyl (C=O) groups is 2. The number of fused-ring (bicyclic) bond motifs is 1. The largest absolute Gasteiger partial charge is 0.348 e. The molecule has 0 atom stereocenters. The minimum atomic E-state index is -0.253. The van der Waals surface area contributed by atoms with Crippen LogP contribution in [-0.4, -0.2) is 16.4 Å². The highest BCUT2D eigenvalue weighted by atomic mass is 35.5. The Labute approximate surface area is 149 Å². The van der Waals surface area contributed by atoms with Crippen LogP contribution in [0.25, 0.3) is 10.9 Å². The fourth-order valence-electron chi connectivity index (χ4n) is 2.52. The number of carbonyl (C=O) groups excluding carboxylic acids is 2. The smallest absolute Gasteiger partial charge is 0.253 e. The molecular weight excluding hydrogens is 347 g/mol. The predicted molar refractivity (Wildman–Crippen MR) is 95.9 cm³/mol. The Bertz CT molecular complexity index is 930. The van der Waals surface area contributed by atoms with Gasteiger partial charge >= 0.3 is 0 Å². The maximum atomic E-state index is 12.5. The van der Waals surface area contributed by atoms with Crippen LogP contribution in [0.1, 0.15) is 27.6 Å². The van der Waals surface area contributed by atoms with Crippen molar-refractivity contribution in [3.8, 4) is 0 Å². The highest BCUT2D eigenvalue weighted by Crippen LogP contribution is 2.25. The fraction of sp³-hybridized carbons (Fsp3) is 0.111. The third-order valence-electron chi connectivity index (χ3n) is 3.72. The fourth-order valence-corrected chi connectivity index (χ4v) is 2.81. The number of rotatable bonds is 3. The number of aromatic nitrogens is 1. The van der Waals surface area contributed by atoms with Gasteiger partial charge in [-0.1, -0.05) is 41.4 Å². The minimum Gasteiger partial charge on any atom is -0.348 e. The van der Waals surface area contributed by atoms with E-state index in [4.69, 9.17) is 23.2 Å². The van der Waals surface area contributed by atoms with Gasteiger partial charge in [0.1, 0.15) is 0 Å². The van der Waals surface area contributed by atoms with E-state index in [1.165, 1.54) is 11.5 Å². The molecule has 3 aromatic rings. The normalized spacial score (nSPS) is 10.8. The van der Waals surface area contributed by atoms with Crippen LogP contribution in [-0.2, 0) is 6.54 Å². The van der Waals surface area contributed by atoms with Crippen molar-refractivity contribution in [3.05, 3.63) is 69.8 Å². The van der Waals surface area contributed by atoms with Crippen molar-refractivity contribution in [1.82, 2.24) is 9.88 Å². The first kappa shape index (κ1) is 16.6. The third-order valence-corrected chi connectivity index (χ3v) is 4.20. The molecule has 0 saturated heterocycles. The maximum Gasteiger partial charge on any atom is 0.253 e. The van der Waals surface area contributed by atoms with Crippen molar-refractivity contribution in [3.63, 3.8) is 0 Å². The molecule has 2 aromatic carbocycles. The predicted octanol–water partition coefficient (Wildman–Crippen LogP) is 4.54. The number of nitrogens with one attached hydrogen (secondary N) is 1. The van der Waals surface area contributed by atoms with Crippen molar-refractivity contribution in [1.29, 1.82) is 0 Å². The molecule has 0 spiro atoms. The molecule has 0 unspecified atom stereocenters. The van der Waals surface area contributed by atoms with Crippen LogP contribution < -0.4 is 5.32 Å². The Morgan fingerprint density at radius 3 is 2.38 bits per heavy atom. The second-order valence-electron chi connectivity index (χ2n) is 5.40. The van der Waals surface area contributed by atoms with Crippen LogP contribution in [0, 0.1) is 0 Å². The number of halogens is 2. The zero-order chi connectivity index (χ0) is 17.3. The van der Waals surface area contributed by atoms with Crippen LogP contribution in [0.15, 0.2) is 48.7 Å². The van der Waals surface area contributed by atoms with E-state index in [2.05, 4.69) is 5.32 Å². The second-order valence-corrected chi connectivity index (χ2v) is 6.28. The molecule has 0 bridgehead atoms. The zero-order valence-corrected chi connectivity index (χ0v) is 14.4. The quantitative estimate of drug-likeness (QED) is 0.745. The number of hydrogen-bond donors (Lipinski definition) is 1. The molecule has 6 heteroatoms. The average Bonchev–Trinajstić information content (AvgIpc) is 2.93. The van der Waals surface area contributed by atoms with Crippen molar-refractivity contribution < 1.29 is 9.59 Å². The Balaban J connectivity index is 1.89. The average molecular weight is 361 g/mol. The molecular formula is C18H14Cl2N2O2. The van der Waals surface area contributed by atoms with Gasteiger partial charge in [-0.25, -0.2) is 0 Å². The lowest BCUT2D eigenvalue weighted by atomic mass is 10.1. The summed E-state index contributed by atoms with van der Waals surface area (Å²) in [4.78, 5) is 24.3.